The Morgan fingerprint density at radius 2 is 0.976 bits per heavy atom. The van der Waals surface area contributed by atoms with Crippen LogP contribution in [-0.2, 0) is 4.79 Å². The lowest BCUT2D eigenvalue weighted by molar-refractivity contribution is -0.116. The van der Waals surface area contributed by atoms with Crippen molar-refractivity contribution in [2.45, 2.75) is 5.92 Å². The molecule has 0 aliphatic heterocycles. The number of nitrogens with zero attached hydrogens (tertiary/aromatic N) is 2. The van der Waals surface area contributed by atoms with Gasteiger partial charge in [-0.3, -0.25) is 24.6 Å². The Morgan fingerprint density at radius 3 is 1.48 bits per heavy atom. The molecule has 2 heterocycles. The molecule has 0 saturated heterocycles. The van der Waals surface area contributed by atoms with Crippen molar-refractivity contribution in [3.8, 4) is 33.9 Å². The SMILES string of the molecule is O=C1C(c2c(-c3ccccc3)[nH]n(-c3ccccc3)c2=O)=C(O)C1c1c(-c2ccccc2)[nH]n(-c2ccccc2)c1=O. The molecule has 42 heavy (non-hydrogen) atoms. The highest BCUT2D eigenvalue weighted by Crippen LogP contribution is 2.45. The van der Waals surface area contributed by atoms with Gasteiger partial charge >= 0.3 is 0 Å². The fraction of sp³-hybridized carbons (Fsp3) is 0.0294. The van der Waals surface area contributed by atoms with Gasteiger partial charge in [0.05, 0.1) is 39.5 Å². The monoisotopic (exact) mass is 552 g/mol. The molecule has 6 aromatic rings. The van der Waals surface area contributed by atoms with Crippen LogP contribution in [-0.4, -0.2) is 30.5 Å². The van der Waals surface area contributed by atoms with Gasteiger partial charge in [-0.25, -0.2) is 9.36 Å². The van der Waals surface area contributed by atoms with E-state index in [1.54, 1.807) is 36.4 Å². The first-order valence-electron chi connectivity index (χ1n) is 13.4. The number of benzene rings is 4. The van der Waals surface area contributed by atoms with Gasteiger partial charge in [0.2, 0.25) is 0 Å². The van der Waals surface area contributed by atoms with Gasteiger partial charge in [0.25, 0.3) is 11.1 Å². The van der Waals surface area contributed by atoms with Crippen LogP contribution in [0.5, 0.6) is 0 Å². The molecule has 4 aromatic carbocycles. The average Bonchev–Trinajstić information content (AvgIpc) is 3.55. The van der Waals surface area contributed by atoms with Crippen LogP contribution in [0.15, 0.2) is 137 Å². The molecular weight excluding hydrogens is 528 g/mol. The van der Waals surface area contributed by atoms with E-state index in [0.29, 0.717) is 33.9 Å². The molecule has 204 valence electrons. The summed E-state index contributed by atoms with van der Waals surface area (Å²) < 4.78 is 2.72. The molecular formula is C34H24N4O4. The summed E-state index contributed by atoms with van der Waals surface area (Å²) in [5, 5.41) is 17.8. The number of carbonyl (C=O) groups is 1. The highest BCUT2D eigenvalue weighted by atomic mass is 16.3. The topological polar surface area (TPSA) is 113 Å². The van der Waals surface area contributed by atoms with E-state index in [9.17, 15) is 19.5 Å². The van der Waals surface area contributed by atoms with E-state index in [0.717, 1.165) is 0 Å². The zero-order valence-electron chi connectivity index (χ0n) is 22.2. The third-order valence-electron chi connectivity index (χ3n) is 7.55. The normalized spacial score (nSPS) is 14.7. The number of hydrogen-bond acceptors (Lipinski definition) is 4. The van der Waals surface area contributed by atoms with Crippen LogP contribution in [0, 0.1) is 0 Å². The predicted octanol–water partition coefficient (Wildman–Crippen LogP) is 5.61. The van der Waals surface area contributed by atoms with Crippen LogP contribution in [0.2, 0.25) is 0 Å². The number of aliphatic hydroxyl groups excluding tert-OH is 1. The maximum absolute atomic E-state index is 14.0. The van der Waals surface area contributed by atoms with Gasteiger partial charge in [0, 0.05) is 5.56 Å². The number of aliphatic hydroxyl groups is 1. The second-order valence-electron chi connectivity index (χ2n) is 10.0. The van der Waals surface area contributed by atoms with Crippen molar-refractivity contribution in [3.05, 3.63) is 159 Å². The number of aromatic nitrogens is 4. The first-order chi connectivity index (χ1) is 20.5. The Labute approximate surface area is 239 Å². The van der Waals surface area contributed by atoms with E-state index in [1.165, 1.54) is 9.36 Å². The largest absolute Gasteiger partial charge is 0.510 e. The molecule has 0 radical (unpaired) electrons. The van der Waals surface area contributed by atoms with Crippen LogP contribution in [0.25, 0.3) is 39.5 Å². The van der Waals surface area contributed by atoms with Gasteiger partial charge in [0.15, 0.2) is 5.78 Å². The summed E-state index contributed by atoms with van der Waals surface area (Å²) in [6, 6.07) is 36.3. The zero-order chi connectivity index (χ0) is 28.8. The first kappa shape index (κ1) is 25.1. The van der Waals surface area contributed by atoms with Crippen LogP contribution in [0.3, 0.4) is 0 Å². The number of ketones is 1. The van der Waals surface area contributed by atoms with Gasteiger partial charge in [-0.1, -0.05) is 97.1 Å². The molecule has 8 heteroatoms. The van der Waals surface area contributed by atoms with Crippen LogP contribution >= 0.6 is 0 Å². The Kier molecular flexibility index (Phi) is 5.94. The van der Waals surface area contributed by atoms with Gasteiger partial charge in [0.1, 0.15) is 11.7 Å². The average molecular weight is 553 g/mol. The Hall–Kier alpha value is -5.89. The molecule has 1 aliphatic rings. The molecule has 2 aromatic heterocycles. The standard InChI is InChI=1S/C34H24N4O4/c39-31-27(25-29(21-13-5-1-6-14-21)35-37(33(25)41)23-17-9-3-10-18-23)32(40)28(31)26-30(22-15-7-2-8-16-22)36-38(34(26)42)24-19-11-4-12-20-24/h1-20,27,35-36,39H. The van der Waals surface area contributed by atoms with E-state index in [2.05, 4.69) is 10.2 Å². The van der Waals surface area contributed by atoms with Gasteiger partial charge in [-0.2, -0.15) is 0 Å². The lowest BCUT2D eigenvalue weighted by Crippen LogP contribution is -2.35. The van der Waals surface area contributed by atoms with Crippen LogP contribution in [0.1, 0.15) is 17.0 Å². The summed E-state index contributed by atoms with van der Waals surface area (Å²) in [5.74, 6) is -2.05. The molecule has 3 N–H and O–H groups in total. The number of nitrogens with one attached hydrogen (secondary N) is 2. The minimum absolute atomic E-state index is 0.0592. The van der Waals surface area contributed by atoms with Crippen molar-refractivity contribution in [2.24, 2.45) is 0 Å². The minimum atomic E-state index is -1.23. The maximum atomic E-state index is 14.0. The molecule has 0 amide bonds. The maximum Gasteiger partial charge on any atom is 0.279 e. The third-order valence-corrected chi connectivity index (χ3v) is 7.55. The summed E-state index contributed by atoms with van der Waals surface area (Å²) in [7, 11) is 0. The second-order valence-corrected chi connectivity index (χ2v) is 10.0. The number of H-pyrrole nitrogens is 2. The van der Waals surface area contributed by atoms with Crippen molar-refractivity contribution in [1.82, 2.24) is 19.6 Å². The lowest BCUT2D eigenvalue weighted by atomic mass is 9.74. The van der Waals surface area contributed by atoms with E-state index in [4.69, 9.17) is 0 Å². The molecule has 0 saturated carbocycles. The van der Waals surface area contributed by atoms with Crippen molar-refractivity contribution in [1.29, 1.82) is 0 Å². The molecule has 1 atom stereocenters. The van der Waals surface area contributed by atoms with E-state index < -0.39 is 22.8 Å². The van der Waals surface area contributed by atoms with Crippen LogP contribution in [0.4, 0.5) is 0 Å². The highest BCUT2D eigenvalue weighted by molar-refractivity contribution is 6.33. The second kappa shape index (κ2) is 9.94. The quantitative estimate of drug-likeness (QED) is 0.249. The third kappa shape index (κ3) is 3.88. The highest BCUT2D eigenvalue weighted by Gasteiger charge is 2.47. The Bertz CT molecular complexity index is 2090. The summed E-state index contributed by atoms with van der Waals surface area (Å²) >= 11 is 0. The lowest BCUT2D eigenvalue weighted by Gasteiger charge is -2.27. The molecule has 0 spiro atoms. The zero-order valence-corrected chi connectivity index (χ0v) is 22.2. The Balaban J connectivity index is 1.43. The predicted molar refractivity (Wildman–Crippen MR) is 161 cm³/mol. The van der Waals surface area contributed by atoms with Crippen molar-refractivity contribution in [3.63, 3.8) is 0 Å². The van der Waals surface area contributed by atoms with Crippen molar-refractivity contribution < 1.29 is 9.90 Å². The summed E-state index contributed by atoms with van der Waals surface area (Å²) in [4.78, 5) is 41.7. The molecule has 0 bridgehead atoms. The minimum Gasteiger partial charge on any atom is -0.510 e. The number of Topliss-reactive ketones (excluding diaryl/α,β-unsaturated/α-hetero) is 1. The van der Waals surface area contributed by atoms with E-state index >= 15 is 0 Å². The van der Waals surface area contributed by atoms with Crippen molar-refractivity contribution in [2.75, 3.05) is 0 Å². The Morgan fingerprint density at radius 1 is 0.548 bits per heavy atom. The summed E-state index contributed by atoms with van der Waals surface area (Å²) in [6.45, 7) is 0. The van der Waals surface area contributed by atoms with E-state index in [1.807, 2.05) is 84.9 Å². The number of rotatable bonds is 6. The van der Waals surface area contributed by atoms with Gasteiger partial charge in [-0.15, -0.1) is 0 Å². The molecule has 1 unspecified atom stereocenters. The first-order valence-corrected chi connectivity index (χ1v) is 13.4. The fourth-order valence-corrected chi connectivity index (χ4v) is 5.52. The fourth-order valence-electron chi connectivity index (χ4n) is 5.52. The number of para-hydroxylation sites is 2. The van der Waals surface area contributed by atoms with Gasteiger partial charge < -0.3 is 5.11 Å². The molecule has 8 nitrogen and oxygen atoms in total. The smallest absolute Gasteiger partial charge is 0.279 e. The summed E-state index contributed by atoms with van der Waals surface area (Å²) in [5.41, 5.74) is 2.50. The molecule has 1 aliphatic carbocycles. The molecule has 0 fully saturated rings. The summed E-state index contributed by atoms with van der Waals surface area (Å²) in [6.07, 6.45) is 0. The van der Waals surface area contributed by atoms with Gasteiger partial charge in [-0.05, 0) is 29.8 Å². The molecule has 7 rings (SSSR count). The number of hydrogen-bond donors (Lipinski definition) is 3. The van der Waals surface area contributed by atoms with Crippen LogP contribution < -0.4 is 11.1 Å². The van der Waals surface area contributed by atoms with E-state index in [-0.39, 0.29) is 22.5 Å². The number of aromatic amines is 2. The number of allylic oxidation sites excluding steroid dienone is 2. The van der Waals surface area contributed by atoms with Crippen molar-refractivity contribution >= 4 is 11.4 Å². The number of carbonyl (C=O) groups excluding carboxylic acids is 1.